The van der Waals surface area contributed by atoms with Gasteiger partial charge in [0.15, 0.2) is 6.29 Å². The van der Waals surface area contributed by atoms with Gasteiger partial charge in [0.25, 0.3) is 0 Å². The van der Waals surface area contributed by atoms with Crippen LogP contribution in [0, 0.1) is 17.3 Å². The Hall–Kier alpha value is -1.20. The summed E-state index contributed by atoms with van der Waals surface area (Å²) >= 11 is 0. The molecule has 0 radical (unpaired) electrons. The highest BCUT2D eigenvalue weighted by Gasteiger charge is 2.61. The summed E-state index contributed by atoms with van der Waals surface area (Å²) in [7, 11) is 3.60. The van der Waals surface area contributed by atoms with E-state index >= 15 is 0 Å². The Morgan fingerprint density at radius 3 is 2.68 bits per heavy atom. The monoisotopic (exact) mass is 468 g/mol. The van der Waals surface area contributed by atoms with E-state index in [1.807, 2.05) is 0 Å². The summed E-state index contributed by atoms with van der Waals surface area (Å²) in [5.41, 5.74) is 1.67. The maximum Gasteiger partial charge on any atom is 0.179 e. The van der Waals surface area contributed by atoms with Crippen LogP contribution in [0.25, 0.3) is 0 Å². The lowest BCUT2D eigenvalue weighted by Crippen LogP contribution is -2.60. The number of piperidine rings is 1. The highest BCUT2D eigenvalue weighted by Crippen LogP contribution is 2.59. The van der Waals surface area contributed by atoms with Gasteiger partial charge in [0.2, 0.25) is 0 Å². The second-order valence-corrected chi connectivity index (χ2v) is 11.0. The number of fused-ring (bicyclic) bond motifs is 1. The molecule has 4 nitrogen and oxygen atoms in total. The summed E-state index contributed by atoms with van der Waals surface area (Å²) in [6.07, 6.45) is 23.7. The molecule has 0 aromatic rings. The normalized spacial score (nSPS) is 37.3. The smallest absolute Gasteiger partial charge is 0.179 e. The molecule has 4 heteroatoms. The summed E-state index contributed by atoms with van der Waals surface area (Å²) in [5, 5.41) is 0. The maximum absolute atomic E-state index is 5.90. The van der Waals surface area contributed by atoms with Crippen molar-refractivity contribution in [1.82, 2.24) is 9.80 Å². The van der Waals surface area contributed by atoms with Crippen molar-refractivity contribution in [3.63, 3.8) is 0 Å². The SMILES string of the molecule is C=CCCCCN1C2[C@H]3C=C(C(OC)OC)[C@@H]4CCN(CCCC/C=C\CC3)CC24C[C@@H]1C=C. The number of unbranched alkanes of at least 4 members (excludes halogenated alkanes) is 2. The first-order valence-electron chi connectivity index (χ1n) is 13.8. The van der Waals surface area contributed by atoms with E-state index in [2.05, 4.69) is 53.3 Å². The van der Waals surface area contributed by atoms with E-state index < -0.39 is 0 Å². The van der Waals surface area contributed by atoms with Crippen molar-refractivity contribution in [2.75, 3.05) is 40.4 Å². The third-order valence-electron chi connectivity index (χ3n) is 9.10. The van der Waals surface area contributed by atoms with E-state index in [-0.39, 0.29) is 11.7 Å². The Morgan fingerprint density at radius 1 is 1.09 bits per heavy atom. The number of allylic oxidation sites excluding steroid dienone is 3. The fraction of sp³-hybridized carbons (Fsp3) is 0.733. The van der Waals surface area contributed by atoms with Gasteiger partial charge < -0.3 is 14.4 Å². The Labute approximate surface area is 208 Å². The zero-order valence-electron chi connectivity index (χ0n) is 21.8. The van der Waals surface area contributed by atoms with Crippen molar-refractivity contribution >= 4 is 0 Å². The second kappa shape index (κ2) is 12.2. The summed E-state index contributed by atoms with van der Waals surface area (Å²) in [6, 6.07) is 1.03. The Bertz CT molecular complexity index is 742. The summed E-state index contributed by atoms with van der Waals surface area (Å²) in [4.78, 5) is 5.66. The Balaban J connectivity index is 1.75. The molecule has 0 N–H and O–H groups in total. The van der Waals surface area contributed by atoms with Crippen molar-refractivity contribution in [3.05, 3.63) is 49.1 Å². The molecule has 3 heterocycles. The average molecular weight is 469 g/mol. The molecule has 3 bridgehead atoms. The Kier molecular flexibility index (Phi) is 9.26. The van der Waals surface area contributed by atoms with Crippen molar-refractivity contribution in [2.24, 2.45) is 17.3 Å². The first kappa shape index (κ1) is 25.9. The van der Waals surface area contributed by atoms with Gasteiger partial charge >= 0.3 is 0 Å². The van der Waals surface area contributed by atoms with Crippen LogP contribution in [0.2, 0.25) is 0 Å². The molecule has 0 amide bonds. The van der Waals surface area contributed by atoms with Crippen molar-refractivity contribution in [1.29, 1.82) is 0 Å². The van der Waals surface area contributed by atoms with Crippen molar-refractivity contribution < 1.29 is 9.47 Å². The van der Waals surface area contributed by atoms with Gasteiger partial charge in [-0.05, 0) is 101 Å². The van der Waals surface area contributed by atoms with Crippen molar-refractivity contribution in [2.45, 2.75) is 82.6 Å². The van der Waals surface area contributed by atoms with Gasteiger partial charge in [-0.3, -0.25) is 4.90 Å². The largest absolute Gasteiger partial charge is 0.352 e. The molecule has 0 aromatic carbocycles. The minimum Gasteiger partial charge on any atom is -0.352 e. The number of hydrogen-bond donors (Lipinski definition) is 0. The van der Waals surface area contributed by atoms with Gasteiger partial charge in [-0.25, -0.2) is 0 Å². The first-order chi connectivity index (χ1) is 16.7. The van der Waals surface area contributed by atoms with E-state index in [1.165, 1.54) is 76.6 Å². The number of hydrogen-bond acceptors (Lipinski definition) is 4. The quantitative estimate of drug-likeness (QED) is 0.236. The van der Waals surface area contributed by atoms with Crippen molar-refractivity contribution in [3.8, 4) is 0 Å². The summed E-state index contributed by atoms with van der Waals surface area (Å²) in [6.45, 7) is 13.1. The number of ether oxygens (including phenoxy) is 2. The molecular formula is C30H48N2O2. The van der Waals surface area contributed by atoms with Gasteiger partial charge in [0.1, 0.15) is 0 Å². The maximum atomic E-state index is 5.90. The third kappa shape index (κ3) is 5.16. The molecule has 4 aliphatic rings. The van der Waals surface area contributed by atoms with E-state index in [1.54, 1.807) is 14.2 Å². The molecular weight excluding hydrogens is 420 g/mol. The molecule has 2 fully saturated rings. The van der Waals surface area contributed by atoms with Crippen LogP contribution in [0.5, 0.6) is 0 Å². The van der Waals surface area contributed by atoms with Crippen LogP contribution in [0.3, 0.4) is 0 Å². The van der Waals surface area contributed by atoms with E-state index in [0.717, 1.165) is 19.4 Å². The zero-order valence-corrected chi connectivity index (χ0v) is 21.8. The molecule has 0 aromatic heterocycles. The van der Waals surface area contributed by atoms with Crippen LogP contribution < -0.4 is 0 Å². The molecule has 1 spiro atoms. The average Bonchev–Trinajstić information content (AvgIpc) is 3.16. The predicted molar refractivity (Wildman–Crippen MR) is 142 cm³/mol. The molecule has 4 rings (SSSR count). The topological polar surface area (TPSA) is 24.9 Å². The van der Waals surface area contributed by atoms with Crippen LogP contribution in [-0.4, -0.2) is 68.6 Å². The summed E-state index contributed by atoms with van der Waals surface area (Å²) < 4.78 is 11.8. The van der Waals surface area contributed by atoms with Gasteiger partial charge in [-0.2, -0.15) is 0 Å². The van der Waals surface area contributed by atoms with Gasteiger partial charge in [-0.1, -0.05) is 30.4 Å². The van der Waals surface area contributed by atoms with E-state index in [0.29, 0.717) is 23.9 Å². The highest BCUT2D eigenvalue weighted by atomic mass is 16.7. The minimum atomic E-state index is -0.230. The van der Waals surface area contributed by atoms with E-state index in [9.17, 15) is 0 Å². The van der Waals surface area contributed by atoms with Gasteiger partial charge in [0.05, 0.1) is 0 Å². The number of methoxy groups -OCH3 is 2. The fourth-order valence-electron chi connectivity index (χ4n) is 7.77. The minimum absolute atomic E-state index is 0.230. The van der Waals surface area contributed by atoms with Crippen LogP contribution in [0.1, 0.15) is 64.2 Å². The fourth-order valence-corrected chi connectivity index (χ4v) is 7.77. The molecule has 2 saturated heterocycles. The Morgan fingerprint density at radius 2 is 1.91 bits per heavy atom. The number of nitrogens with zero attached hydrogens (tertiary/aromatic N) is 2. The van der Waals surface area contributed by atoms with Crippen LogP contribution in [0.15, 0.2) is 49.1 Å². The molecule has 34 heavy (non-hydrogen) atoms. The first-order valence-corrected chi connectivity index (χ1v) is 13.8. The lowest BCUT2D eigenvalue weighted by molar-refractivity contribution is -0.102. The molecule has 190 valence electrons. The van der Waals surface area contributed by atoms with Gasteiger partial charge in [-0.15, -0.1) is 13.2 Å². The standard InChI is InChI=1S/C30H48N2O2/c1-5-7-8-15-19-32-25(6-2)22-30-23-31-18-14-12-10-9-11-13-16-24(28(30)32)21-26(27(30)17-20-31)29(33-3)34-4/h5-6,9,11,21,24-25,27-29H,1-2,7-8,10,12-20,22-23H2,3-4H3/b11-9-/t24-,25+,27+,28?,30?/m1/s1. The van der Waals surface area contributed by atoms with E-state index in [4.69, 9.17) is 9.47 Å². The molecule has 0 saturated carbocycles. The number of likely N-dealkylation sites (tertiary alicyclic amines) is 1. The number of rotatable bonds is 9. The zero-order chi connectivity index (χ0) is 24.0. The van der Waals surface area contributed by atoms with Crippen LogP contribution in [-0.2, 0) is 9.47 Å². The molecule has 3 aliphatic heterocycles. The van der Waals surface area contributed by atoms with Gasteiger partial charge in [0, 0.05) is 38.3 Å². The highest BCUT2D eigenvalue weighted by molar-refractivity contribution is 5.30. The lowest BCUT2D eigenvalue weighted by atomic mass is 9.56. The van der Waals surface area contributed by atoms with Crippen LogP contribution >= 0.6 is 0 Å². The van der Waals surface area contributed by atoms with Crippen LogP contribution in [0.4, 0.5) is 0 Å². The molecule has 1 aliphatic carbocycles. The third-order valence-corrected chi connectivity index (χ3v) is 9.10. The second-order valence-electron chi connectivity index (χ2n) is 11.0. The molecule has 6 atom stereocenters. The lowest BCUT2D eigenvalue weighted by Gasteiger charge is -2.56. The predicted octanol–water partition coefficient (Wildman–Crippen LogP) is 5.98. The molecule has 3 unspecified atom stereocenters. The summed E-state index contributed by atoms with van der Waals surface area (Å²) in [5.74, 6) is 1.05.